The van der Waals surface area contributed by atoms with E-state index in [0.29, 0.717) is 18.0 Å². The zero-order valence-corrected chi connectivity index (χ0v) is 15.7. The van der Waals surface area contributed by atoms with Gasteiger partial charge < -0.3 is 19.1 Å². The summed E-state index contributed by atoms with van der Waals surface area (Å²) in [6.07, 6.45) is 11.4. The third kappa shape index (κ3) is 3.83. The van der Waals surface area contributed by atoms with Crippen LogP contribution in [0.1, 0.15) is 74.9 Å². The van der Waals surface area contributed by atoms with E-state index >= 15 is 0 Å². The Balaban J connectivity index is 1.28. The summed E-state index contributed by atoms with van der Waals surface area (Å²) >= 11 is 0. The van der Waals surface area contributed by atoms with Crippen molar-refractivity contribution >= 4 is 0 Å². The minimum absolute atomic E-state index is 0.149. The third-order valence-corrected chi connectivity index (χ3v) is 5.82. The van der Waals surface area contributed by atoms with E-state index in [-0.39, 0.29) is 6.10 Å². The monoisotopic (exact) mass is 359 g/mol. The first-order chi connectivity index (χ1) is 12.7. The van der Waals surface area contributed by atoms with Gasteiger partial charge in [-0.15, -0.1) is 0 Å². The van der Waals surface area contributed by atoms with E-state index in [2.05, 4.69) is 31.9 Å². The summed E-state index contributed by atoms with van der Waals surface area (Å²) in [6.45, 7) is 2.87. The van der Waals surface area contributed by atoms with Crippen molar-refractivity contribution in [1.29, 1.82) is 0 Å². The normalized spacial score (nSPS) is 29.8. The van der Waals surface area contributed by atoms with Crippen LogP contribution in [0.5, 0.6) is 0 Å². The van der Waals surface area contributed by atoms with E-state index < -0.39 is 0 Å². The Morgan fingerprint density at radius 3 is 2.73 bits per heavy atom. The number of rotatable bonds is 5. The molecule has 7 heteroatoms. The molecule has 2 fully saturated rings. The Hall–Kier alpha value is -1.73. The maximum atomic E-state index is 5.98. The van der Waals surface area contributed by atoms with E-state index in [1.165, 1.54) is 18.5 Å². The third-order valence-electron chi connectivity index (χ3n) is 5.82. The maximum Gasteiger partial charge on any atom is 0.229 e. The second-order valence-corrected chi connectivity index (χ2v) is 7.63. The molecular formula is C19H29N5O2. The minimum Gasteiger partial charge on any atom is -0.372 e. The second kappa shape index (κ2) is 7.88. The molecule has 1 N–H and O–H groups in total. The van der Waals surface area contributed by atoms with Gasteiger partial charge in [0.25, 0.3) is 0 Å². The van der Waals surface area contributed by atoms with Crippen LogP contribution in [0.15, 0.2) is 17.0 Å². The maximum absolute atomic E-state index is 5.98. The molecule has 0 spiro atoms. The van der Waals surface area contributed by atoms with Crippen LogP contribution in [-0.4, -0.2) is 38.4 Å². The molecule has 2 aromatic heterocycles. The van der Waals surface area contributed by atoms with Gasteiger partial charge in [-0.3, -0.25) is 0 Å². The highest BCUT2D eigenvalue weighted by molar-refractivity contribution is 5.05. The number of aromatic nitrogens is 4. The molecule has 0 aromatic carbocycles. The van der Waals surface area contributed by atoms with E-state index in [9.17, 15) is 0 Å². The van der Waals surface area contributed by atoms with Crippen LogP contribution in [0.3, 0.4) is 0 Å². The number of aryl methyl sites for hydroxylation is 2. The molecule has 1 saturated carbocycles. The molecule has 2 aliphatic rings. The van der Waals surface area contributed by atoms with Crippen molar-refractivity contribution < 1.29 is 9.26 Å². The fraction of sp³-hybridized carbons (Fsp3) is 0.737. The number of nitrogens with one attached hydrogen (secondary N) is 1. The number of nitrogens with zero attached hydrogens (tertiary/aromatic N) is 4. The van der Waals surface area contributed by atoms with E-state index in [1.54, 1.807) is 0 Å². The van der Waals surface area contributed by atoms with Crippen molar-refractivity contribution in [2.24, 2.45) is 7.05 Å². The van der Waals surface area contributed by atoms with Gasteiger partial charge in [-0.05, 0) is 38.5 Å². The zero-order chi connectivity index (χ0) is 17.9. The first kappa shape index (κ1) is 17.7. The van der Waals surface area contributed by atoms with E-state index in [0.717, 1.165) is 50.4 Å². The largest absolute Gasteiger partial charge is 0.372 e. The van der Waals surface area contributed by atoms with Gasteiger partial charge in [0.05, 0.1) is 18.2 Å². The molecule has 2 aromatic rings. The molecular weight excluding hydrogens is 330 g/mol. The predicted molar refractivity (Wildman–Crippen MR) is 96.7 cm³/mol. The molecule has 0 amide bonds. The van der Waals surface area contributed by atoms with Crippen LogP contribution >= 0.6 is 0 Å². The first-order valence-corrected chi connectivity index (χ1v) is 9.89. The standard InChI is InChI=1S/C19H29N5O2/c1-3-18-22-19(26-23-18)13-4-6-14(7-5-13)21-15-8-9-25-17(10-15)16-11-20-12-24(16)2/h11-15,17,21H,3-10H2,1-2H3/t13?,14?,15-,17+/m1/s1. The average Bonchev–Trinajstić information content (AvgIpc) is 3.31. The van der Waals surface area contributed by atoms with Gasteiger partial charge in [0, 0.05) is 38.1 Å². The molecule has 0 radical (unpaired) electrons. The van der Waals surface area contributed by atoms with E-state index in [4.69, 9.17) is 9.26 Å². The van der Waals surface area contributed by atoms with Crippen LogP contribution in [0, 0.1) is 0 Å². The molecule has 2 atom stereocenters. The summed E-state index contributed by atoms with van der Waals surface area (Å²) in [5, 5.41) is 7.92. The Morgan fingerprint density at radius 2 is 2.04 bits per heavy atom. The molecule has 1 aliphatic heterocycles. The van der Waals surface area contributed by atoms with Crippen LogP contribution < -0.4 is 5.32 Å². The van der Waals surface area contributed by atoms with Crippen molar-refractivity contribution in [3.8, 4) is 0 Å². The second-order valence-electron chi connectivity index (χ2n) is 7.63. The first-order valence-electron chi connectivity index (χ1n) is 9.89. The fourth-order valence-corrected chi connectivity index (χ4v) is 4.25. The summed E-state index contributed by atoms with van der Waals surface area (Å²) in [5.41, 5.74) is 1.17. The lowest BCUT2D eigenvalue weighted by molar-refractivity contribution is -0.00658. The molecule has 0 unspecified atom stereocenters. The molecule has 1 aliphatic carbocycles. The molecule has 3 heterocycles. The van der Waals surface area contributed by atoms with Crippen molar-refractivity contribution in [3.63, 3.8) is 0 Å². The Labute approximate surface area is 154 Å². The molecule has 7 nitrogen and oxygen atoms in total. The highest BCUT2D eigenvalue weighted by Crippen LogP contribution is 2.33. The average molecular weight is 359 g/mol. The number of ether oxygens (including phenoxy) is 1. The van der Waals surface area contributed by atoms with Gasteiger partial charge in [0.2, 0.25) is 5.89 Å². The molecule has 142 valence electrons. The summed E-state index contributed by atoms with van der Waals surface area (Å²) in [4.78, 5) is 8.74. The van der Waals surface area contributed by atoms with Gasteiger partial charge in [0.15, 0.2) is 5.82 Å². The molecule has 0 bridgehead atoms. The Kier molecular flexibility index (Phi) is 5.36. The molecule has 4 rings (SSSR count). The van der Waals surface area contributed by atoms with Crippen LogP contribution in [0.4, 0.5) is 0 Å². The lowest BCUT2D eigenvalue weighted by atomic mass is 9.85. The summed E-state index contributed by atoms with van der Waals surface area (Å²) in [7, 11) is 2.03. The zero-order valence-electron chi connectivity index (χ0n) is 15.7. The summed E-state index contributed by atoms with van der Waals surface area (Å²) in [5.74, 6) is 2.09. The minimum atomic E-state index is 0.149. The van der Waals surface area contributed by atoms with Crippen molar-refractivity contribution in [3.05, 3.63) is 29.9 Å². The lowest BCUT2D eigenvalue weighted by Crippen LogP contribution is -2.43. The highest BCUT2D eigenvalue weighted by Gasteiger charge is 2.30. The summed E-state index contributed by atoms with van der Waals surface area (Å²) < 4.78 is 13.5. The highest BCUT2D eigenvalue weighted by atomic mass is 16.5. The van der Waals surface area contributed by atoms with Crippen molar-refractivity contribution in [2.75, 3.05) is 6.61 Å². The lowest BCUT2D eigenvalue weighted by Gasteiger charge is -2.35. The quantitative estimate of drug-likeness (QED) is 0.884. The van der Waals surface area contributed by atoms with E-state index in [1.807, 2.05) is 19.6 Å². The SMILES string of the molecule is CCc1noc(C2CCC(N[C@@H]3CCO[C@H](c4cncn4C)C3)CC2)n1. The molecule has 1 saturated heterocycles. The van der Waals surface area contributed by atoms with Crippen molar-refractivity contribution in [1.82, 2.24) is 25.0 Å². The van der Waals surface area contributed by atoms with Crippen LogP contribution in [0.2, 0.25) is 0 Å². The summed E-state index contributed by atoms with van der Waals surface area (Å²) in [6, 6.07) is 1.09. The van der Waals surface area contributed by atoms with Gasteiger partial charge in [-0.25, -0.2) is 4.98 Å². The smallest absolute Gasteiger partial charge is 0.229 e. The fourth-order valence-electron chi connectivity index (χ4n) is 4.25. The van der Waals surface area contributed by atoms with Crippen molar-refractivity contribution in [2.45, 2.75) is 76.0 Å². The van der Waals surface area contributed by atoms with Crippen LogP contribution in [0.25, 0.3) is 0 Å². The number of hydrogen-bond donors (Lipinski definition) is 1. The number of hydrogen-bond acceptors (Lipinski definition) is 6. The van der Waals surface area contributed by atoms with Crippen LogP contribution in [-0.2, 0) is 18.2 Å². The van der Waals surface area contributed by atoms with Gasteiger partial charge >= 0.3 is 0 Å². The topological polar surface area (TPSA) is 78.0 Å². The molecule has 26 heavy (non-hydrogen) atoms. The number of imidazole rings is 1. The van der Waals surface area contributed by atoms with Gasteiger partial charge in [0.1, 0.15) is 6.10 Å². The van der Waals surface area contributed by atoms with Gasteiger partial charge in [-0.1, -0.05) is 12.1 Å². The predicted octanol–water partition coefficient (Wildman–Crippen LogP) is 2.90. The Morgan fingerprint density at radius 1 is 1.19 bits per heavy atom. The van der Waals surface area contributed by atoms with Gasteiger partial charge in [-0.2, -0.15) is 4.98 Å². The Bertz CT molecular complexity index is 704.